The van der Waals surface area contributed by atoms with Crippen LogP contribution in [-0.2, 0) is 19.1 Å². The third-order valence-corrected chi connectivity index (χ3v) is 2.29. The van der Waals surface area contributed by atoms with Gasteiger partial charge in [0, 0.05) is 0 Å². The number of halogens is 1. The van der Waals surface area contributed by atoms with Crippen molar-refractivity contribution in [2.45, 2.75) is 20.3 Å². The number of esters is 2. The average Bonchev–Trinajstić information content (AvgIpc) is 2.45. The van der Waals surface area contributed by atoms with Gasteiger partial charge in [-0.1, -0.05) is 0 Å². The lowest BCUT2D eigenvalue weighted by atomic mass is 10.2. The first kappa shape index (κ1) is 16.6. The molecular weight excluding hydrogens is 277 g/mol. The SMILES string of the molecule is CCOC(=O)CC(=C=Nc1ccc(F)cc1)C(=O)OCC. The van der Waals surface area contributed by atoms with E-state index in [1.54, 1.807) is 13.8 Å². The maximum absolute atomic E-state index is 12.8. The highest BCUT2D eigenvalue weighted by Crippen LogP contribution is 2.12. The first-order chi connectivity index (χ1) is 10.1. The van der Waals surface area contributed by atoms with Gasteiger partial charge in [0.15, 0.2) is 0 Å². The molecule has 0 fully saturated rings. The number of rotatable bonds is 6. The Hall–Kier alpha value is -2.46. The highest BCUT2D eigenvalue weighted by molar-refractivity contribution is 6.02. The van der Waals surface area contributed by atoms with Crippen LogP contribution in [0.4, 0.5) is 10.1 Å². The minimum absolute atomic E-state index is 0.0420. The molecule has 112 valence electrons. The molecule has 21 heavy (non-hydrogen) atoms. The van der Waals surface area contributed by atoms with Gasteiger partial charge in [0.05, 0.1) is 25.3 Å². The molecule has 0 heterocycles. The lowest BCUT2D eigenvalue weighted by Crippen LogP contribution is -2.14. The molecule has 0 radical (unpaired) electrons. The van der Waals surface area contributed by atoms with Crippen molar-refractivity contribution < 1.29 is 23.5 Å². The van der Waals surface area contributed by atoms with E-state index in [-0.39, 0.29) is 25.2 Å². The third kappa shape index (κ3) is 6.01. The zero-order chi connectivity index (χ0) is 15.7. The Morgan fingerprint density at radius 2 is 1.76 bits per heavy atom. The van der Waals surface area contributed by atoms with Gasteiger partial charge in [-0.25, -0.2) is 14.2 Å². The molecule has 1 aromatic rings. The van der Waals surface area contributed by atoms with E-state index >= 15 is 0 Å². The van der Waals surface area contributed by atoms with Gasteiger partial charge in [-0.05, 0) is 44.0 Å². The molecule has 6 heteroatoms. The molecule has 0 saturated heterocycles. The Morgan fingerprint density at radius 3 is 2.33 bits per heavy atom. The molecule has 0 aromatic heterocycles. The van der Waals surface area contributed by atoms with Crippen LogP contribution in [0.15, 0.2) is 34.8 Å². The lowest BCUT2D eigenvalue weighted by molar-refractivity contribution is -0.145. The second-order valence-corrected chi connectivity index (χ2v) is 3.88. The average molecular weight is 293 g/mol. The Labute approximate surface area is 122 Å². The summed E-state index contributed by atoms with van der Waals surface area (Å²) in [6.07, 6.45) is -0.280. The molecule has 0 aliphatic rings. The summed E-state index contributed by atoms with van der Waals surface area (Å²) >= 11 is 0. The topological polar surface area (TPSA) is 65.0 Å². The Kier molecular flexibility index (Phi) is 6.84. The summed E-state index contributed by atoms with van der Waals surface area (Å²) in [5.74, 6) is 0.829. The predicted octanol–water partition coefficient (Wildman–Crippen LogP) is 2.57. The standard InChI is InChI=1S/C15H16FNO4/c1-3-20-14(18)9-11(15(19)21-4-2)10-17-13-7-5-12(16)6-8-13/h5-8H,3-4,9H2,1-2H3. The molecule has 0 N–H and O–H groups in total. The lowest BCUT2D eigenvalue weighted by Gasteiger charge is -2.04. The fourth-order valence-electron chi connectivity index (χ4n) is 1.38. The van der Waals surface area contributed by atoms with Gasteiger partial charge in [-0.3, -0.25) is 4.79 Å². The van der Waals surface area contributed by atoms with E-state index in [1.807, 2.05) is 0 Å². The number of hydrogen-bond acceptors (Lipinski definition) is 5. The molecule has 0 aliphatic carbocycles. The summed E-state index contributed by atoms with van der Waals surface area (Å²) in [5, 5.41) is 0. The molecular formula is C15H16FNO4. The quantitative estimate of drug-likeness (QED) is 0.459. The van der Waals surface area contributed by atoms with Gasteiger partial charge >= 0.3 is 11.9 Å². The van der Waals surface area contributed by atoms with Gasteiger partial charge in [0.2, 0.25) is 0 Å². The van der Waals surface area contributed by atoms with Crippen molar-refractivity contribution in [2.75, 3.05) is 13.2 Å². The van der Waals surface area contributed by atoms with Gasteiger partial charge in [-0.15, -0.1) is 0 Å². The molecule has 0 spiro atoms. The first-order valence-electron chi connectivity index (χ1n) is 6.47. The minimum atomic E-state index is -0.684. The van der Waals surface area contributed by atoms with Gasteiger partial charge < -0.3 is 9.47 Å². The number of hydrogen-bond donors (Lipinski definition) is 0. The Bertz CT molecular complexity index is 560. The van der Waals surface area contributed by atoms with E-state index in [1.165, 1.54) is 24.3 Å². The van der Waals surface area contributed by atoms with Crippen molar-refractivity contribution in [1.29, 1.82) is 0 Å². The molecule has 0 unspecified atom stereocenters. The molecule has 0 saturated carbocycles. The van der Waals surface area contributed by atoms with Crippen molar-refractivity contribution in [2.24, 2.45) is 4.99 Å². The number of aliphatic imine (C=N–C) groups is 1. The normalized spacial score (nSPS) is 9.48. The largest absolute Gasteiger partial charge is 0.466 e. The van der Waals surface area contributed by atoms with Gasteiger partial charge in [-0.2, -0.15) is 0 Å². The van der Waals surface area contributed by atoms with Gasteiger partial charge in [0.1, 0.15) is 11.4 Å². The summed E-state index contributed by atoms with van der Waals surface area (Å²) < 4.78 is 22.4. The van der Waals surface area contributed by atoms with Crippen LogP contribution in [0.1, 0.15) is 20.3 Å². The fourth-order valence-corrected chi connectivity index (χ4v) is 1.38. The van der Waals surface area contributed by atoms with E-state index in [2.05, 4.69) is 10.9 Å². The number of ether oxygens (including phenoxy) is 2. The first-order valence-corrected chi connectivity index (χ1v) is 6.47. The zero-order valence-electron chi connectivity index (χ0n) is 11.9. The van der Waals surface area contributed by atoms with Crippen LogP contribution in [0.2, 0.25) is 0 Å². The van der Waals surface area contributed by atoms with Crippen molar-refractivity contribution >= 4 is 23.5 Å². The molecule has 0 aliphatic heterocycles. The van der Waals surface area contributed by atoms with Gasteiger partial charge in [0.25, 0.3) is 0 Å². The van der Waals surface area contributed by atoms with E-state index in [0.29, 0.717) is 5.69 Å². The second kappa shape index (κ2) is 8.66. The van der Waals surface area contributed by atoms with Crippen molar-refractivity contribution in [1.82, 2.24) is 0 Å². The van der Waals surface area contributed by atoms with E-state index in [0.717, 1.165) is 0 Å². The summed E-state index contributed by atoms with van der Waals surface area (Å²) in [7, 11) is 0. The smallest absolute Gasteiger partial charge is 0.344 e. The minimum Gasteiger partial charge on any atom is -0.466 e. The molecule has 1 rings (SSSR count). The number of carbonyl (C=O) groups excluding carboxylic acids is 2. The molecule has 0 bridgehead atoms. The highest BCUT2D eigenvalue weighted by Gasteiger charge is 2.16. The Morgan fingerprint density at radius 1 is 1.14 bits per heavy atom. The molecule has 0 atom stereocenters. The maximum atomic E-state index is 12.8. The second-order valence-electron chi connectivity index (χ2n) is 3.88. The monoisotopic (exact) mass is 293 g/mol. The predicted molar refractivity (Wildman–Crippen MR) is 74.9 cm³/mol. The number of benzene rings is 1. The summed E-state index contributed by atoms with van der Waals surface area (Å²) in [6, 6.07) is 5.32. The van der Waals surface area contributed by atoms with Crippen LogP contribution >= 0.6 is 0 Å². The summed E-state index contributed by atoms with van der Waals surface area (Å²) in [5.41, 5.74) is 0.363. The van der Waals surface area contributed by atoms with Crippen molar-refractivity contribution in [3.8, 4) is 0 Å². The van der Waals surface area contributed by atoms with Crippen molar-refractivity contribution in [3.05, 3.63) is 35.7 Å². The van der Waals surface area contributed by atoms with E-state index < -0.39 is 17.8 Å². The third-order valence-electron chi connectivity index (χ3n) is 2.29. The number of carbonyl (C=O) groups is 2. The Balaban J connectivity index is 2.98. The maximum Gasteiger partial charge on any atom is 0.344 e. The molecule has 0 amide bonds. The summed E-state index contributed by atoms with van der Waals surface area (Å²) in [6.45, 7) is 3.70. The molecule has 1 aromatic carbocycles. The van der Waals surface area contributed by atoms with Crippen LogP contribution in [0.25, 0.3) is 0 Å². The van der Waals surface area contributed by atoms with E-state index in [9.17, 15) is 14.0 Å². The van der Waals surface area contributed by atoms with Crippen LogP contribution in [0, 0.1) is 5.82 Å². The summed E-state index contributed by atoms with van der Waals surface area (Å²) in [4.78, 5) is 27.0. The van der Waals surface area contributed by atoms with E-state index in [4.69, 9.17) is 9.47 Å². The van der Waals surface area contributed by atoms with Crippen LogP contribution in [-0.4, -0.2) is 31.0 Å². The number of nitrogens with zero attached hydrogens (tertiary/aromatic N) is 1. The highest BCUT2D eigenvalue weighted by atomic mass is 19.1. The van der Waals surface area contributed by atoms with Crippen LogP contribution in [0.3, 0.4) is 0 Å². The van der Waals surface area contributed by atoms with Crippen LogP contribution in [0.5, 0.6) is 0 Å². The molecule has 5 nitrogen and oxygen atoms in total. The van der Waals surface area contributed by atoms with Crippen LogP contribution < -0.4 is 0 Å². The van der Waals surface area contributed by atoms with Crippen molar-refractivity contribution in [3.63, 3.8) is 0 Å². The fraction of sp³-hybridized carbons (Fsp3) is 0.333. The zero-order valence-corrected chi connectivity index (χ0v) is 11.9.